The number of aryl methyl sites for hydroxylation is 1. The third-order valence-corrected chi connectivity index (χ3v) is 5.12. The summed E-state index contributed by atoms with van der Waals surface area (Å²) in [6, 6.07) is 15.1. The molecule has 2 aromatic carbocycles. The van der Waals surface area contributed by atoms with Crippen molar-refractivity contribution < 1.29 is 4.39 Å². The molecule has 0 saturated carbocycles. The van der Waals surface area contributed by atoms with E-state index in [2.05, 4.69) is 35.6 Å². The van der Waals surface area contributed by atoms with Gasteiger partial charge in [0.2, 0.25) is 0 Å². The summed E-state index contributed by atoms with van der Waals surface area (Å²) in [5.41, 5.74) is 5.33. The minimum atomic E-state index is -0.249. The number of nitrogens with one attached hydrogen (secondary N) is 1. The van der Waals surface area contributed by atoms with Crippen molar-refractivity contribution in [2.75, 3.05) is 0 Å². The molecule has 0 radical (unpaired) electrons. The van der Waals surface area contributed by atoms with Crippen molar-refractivity contribution >= 4 is 27.5 Å². The topological polar surface area (TPSA) is 28.7 Å². The summed E-state index contributed by atoms with van der Waals surface area (Å²) >= 11 is 0. The van der Waals surface area contributed by atoms with E-state index in [9.17, 15) is 4.39 Å². The van der Waals surface area contributed by atoms with Gasteiger partial charge in [-0.1, -0.05) is 50.6 Å². The molecule has 0 spiro atoms. The van der Waals surface area contributed by atoms with Gasteiger partial charge in [0.05, 0.1) is 0 Å². The molecule has 0 atom stereocenters. The number of hydrogen-bond donors (Lipinski definition) is 1. The van der Waals surface area contributed by atoms with Crippen molar-refractivity contribution in [3.63, 3.8) is 0 Å². The van der Waals surface area contributed by atoms with Gasteiger partial charge < -0.3 is 4.98 Å². The van der Waals surface area contributed by atoms with Crippen LogP contribution in [-0.2, 0) is 6.42 Å². The average Bonchev–Trinajstić information content (AvgIpc) is 3.05. The number of halogens is 1. The first-order valence-electron chi connectivity index (χ1n) is 9.52. The molecule has 0 aliphatic carbocycles. The van der Waals surface area contributed by atoms with Crippen LogP contribution in [0.25, 0.3) is 27.5 Å². The molecule has 0 saturated heterocycles. The highest BCUT2D eigenvalue weighted by atomic mass is 19.1. The van der Waals surface area contributed by atoms with Crippen LogP contribution in [0.5, 0.6) is 0 Å². The van der Waals surface area contributed by atoms with Crippen LogP contribution < -0.4 is 0 Å². The molecule has 4 rings (SSSR count). The van der Waals surface area contributed by atoms with E-state index in [1.54, 1.807) is 12.1 Å². The highest BCUT2D eigenvalue weighted by Gasteiger charge is 2.11. The van der Waals surface area contributed by atoms with Gasteiger partial charge in [-0.3, -0.25) is 0 Å². The Balaban J connectivity index is 1.76. The molecule has 2 nitrogen and oxygen atoms in total. The zero-order valence-corrected chi connectivity index (χ0v) is 15.6. The van der Waals surface area contributed by atoms with E-state index in [1.165, 1.54) is 30.9 Å². The lowest BCUT2D eigenvalue weighted by Crippen LogP contribution is -1.90. The number of rotatable bonds is 6. The standard InChI is InChI=1S/C24H23FN2/c1-3-4-5-8-17-13-21-20-14-18(11-12-23(20)27-24(21)26-15-17)16(2)19-9-6-7-10-22(19)25/h6-7,9-15H,2-5,8H2,1H3,(H,26,27). The number of pyridine rings is 1. The molecule has 0 unspecified atom stereocenters. The minimum absolute atomic E-state index is 0.249. The Morgan fingerprint density at radius 3 is 2.74 bits per heavy atom. The first-order chi connectivity index (χ1) is 13.2. The Hall–Kier alpha value is -2.94. The number of aromatic amines is 1. The molecule has 0 fully saturated rings. The normalized spacial score (nSPS) is 11.3. The number of fused-ring (bicyclic) bond motifs is 3. The monoisotopic (exact) mass is 358 g/mol. The quantitative estimate of drug-likeness (QED) is 0.384. The Kier molecular flexibility index (Phi) is 4.76. The van der Waals surface area contributed by atoms with Crippen molar-refractivity contribution in [3.8, 4) is 0 Å². The highest BCUT2D eigenvalue weighted by molar-refractivity contribution is 6.07. The third kappa shape index (κ3) is 3.37. The van der Waals surface area contributed by atoms with Gasteiger partial charge in [0.1, 0.15) is 11.5 Å². The lowest BCUT2D eigenvalue weighted by atomic mass is 9.97. The largest absolute Gasteiger partial charge is 0.339 e. The molecule has 0 amide bonds. The Morgan fingerprint density at radius 1 is 1.07 bits per heavy atom. The van der Waals surface area contributed by atoms with Gasteiger partial charge in [-0.15, -0.1) is 0 Å². The van der Waals surface area contributed by atoms with Gasteiger partial charge in [0.25, 0.3) is 0 Å². The molecule has 136 valence electrons. The van der Waals surface area contributed by atoms with Gasteiger partial charge in [-0.05, 0) is 53.8 Å². The van der Waals surface area contributed by atoms with Gasteiger partial charge in [-0.2, -0.15) is 0 Å². The van der Waals surface area contributed by atoms with Crippen LogP contribution in [0, 0.1) is 5.82 Å². The Bertz CT molecular complexity index is 1120. The van der Waals surface area contributed by atoms with Crippen LogP contribution in [0.1, 0.15) is 42.9 Å². The van der Waals surface area contributed by atoms with Gasteiger partial charge in [0.15, 0.2) is 0 Å². The smallest absolute Gasteiger partial charge is 0.138 e. The SMILES string of the molecule is C=C(c1ccc2[nH]c3ncc(CCCCC)cc3c2c1)c1ccccc1F. The van der Waals surface area contributed by atoms with Crippen LogP contribution in [0.2, 0.25) is 0 Å². The van der Waals surface area contributed by atoms with Gasteiger partial charge in [-0.25, -0.2) is 9.37 Å². The molecule has 4 aromatic rings. The molecule has 2 aromatic heterocycles. The molecular formula is C24H23FN2. The maximum Gasteiger partial charge on any atom is 0.138 e. The van der Waals surface area contributed by atoms with E-state index in [0.29, 0.717) is 11.1 Å². The second-order valence-corrected chi connectivity index (χ2v) is 7.04. The molecular weight excluding hydrogens is 335 g/mol. The third-order valence-electron chi connectivity index (χ3n) is 5.12. The van der Waals surface area contributed by atoms with Gasteiger partial charge >= 0.3 is 0 Å². The van der Waals surface area contributed by atoms with Crippen LogP contribution in [-0.4, -0.2) is 9.97 Å². The summed E-state index contributed by atoms with van der Waals surface area (Å²) in [5, 5.41) is 2.21. The van der Waals surface area contributed by atoms with E-state index in [1.807, 2.05) is 24.4 Å². The van der Waals surface area contributed by atoms with Crippen LogP contribution in [0.15, 0.2) is 61.3 Å². The average molecular weight is 358 g/mol. The van der Waals surface area contributed by atoms with E-state index >= 15 is 0 Å². The Labute approximate surface area is 158 Å². The first kappa shape index (κ1) is 17.5. The molecule has 1 N–H and O–H groups in total. The van der Waals surface area contributed by atoms with Gasteiger partial charge in [0, 0.05) is 28.0 Å². The number of H-pyrrole nitrogens is 1. The molecule has 0 aliphatic heterocycles. The molecule has 3 heteroatoms. The van der Waals surface area contributed by atoms with Crippen LogP contribution >= 0.6 is 0 Å². The predicted octanol–water partition coefficient (Wildman–Crippen LogP) is 6.65. The van der Waals surface area contributed by atoms with Crippen molar-refractivity contribution in [1.82, 2.24) is 9.97 Å². The molecule has 0 bridgehead atoms. The summed E-state index contributed by atoms with van der Waals surface area (Å²) < 4.78 is 14.2. The lowest BCUT2D eigenvalue weighted by Gasteiger charge is -2.08. The zero-order valence-electron chi connectivity index (χ0n) is 15.6. The van der Waals surface area contributed by atoms with Crippen molar-refractivity contribution in [2.24, 2.45) is 0 Å². The molecule has 0 aliphatic rings. The number of hydrogen-bond acceptors (Lipinski definition) is 1. The van der Waals surface area contributed by atoms with Crippen molar-refractivity contribution in [3.05, 3.63) is 83.8 Å². The van der Waals surface area contributed by atoms with E-state index < -0.39 is 0 Å². The second-order valence-electron chi connectivity index (χ2n) is 7.04. The predicted molar refractivity (Wildman–Crippen MR) is 111 cm³/mol. The van der Waals surface area contributed by atoms with Crippen molar-refractivity contribution in [1.29, 1.82) is 0 Å². The number of aromatic nitrogens is 2. The van der Waals surface area contributed by atoms with Crippen molar-refractivity contribution in [2.45, 2.75) is 32.6 Å². The van der Waals surface area contributed by atoms with E-state index in [-0.39, 0.29) is 5.82 Å². The summed E-state index contributed by atoms with van der Waals surface area (Å²) in [6.07, 6.45) is 6.64. The number of benzene rings is 2. The first-order valence-corrected chi connectivity index (χ1v) is 9.52. The summed E-state index contributed by atoms with van der Waals surface area (Å²) in [4.78, 5) is 7.98. The second kappa shape index (κ2) is 7.36. The maximum atomic E-state index is 14.2. The number of nitrogens with zero attached hydrogens (tertiary/aromatic N) is 1. The van der Waals surface area contributed by atoms with E-state index in [4.69, 9.17) is 0 Å². The Morgan fingerprint density at radius 2 is 1.93 bits per heavy atom. The van der Waals surface area contributed by atoms with Crippen LogP contribution in [0.3, 0.4) is 0 Å². The summed E-state index contributed by atoms with van der Waals surface area (Å²) in [7, 11) is 0. The van der Waals surface area contributed by atoms with Crippen LogP contribution in [0.4, 0.5) is 4.39 Å². The fourth-order valence-electron chi connectivity index (χ4n) is 3.58. The zero-order chi connectivity index (χ0) is 18.8. The number of unbranched alkanes of at least 4 members (excludes halogenated alkanes) is 2. The maximum absolute atomic E-state index is 14.2. The summed E-state index contributed by atoms with van der Waals surface area (Å²) in [6.45, 7) is 6.34. The lowest BCUT2D eigenvalue weighted by molar-refractivity contribution is 0.624. The summed E-state index contributed by atoms with van der Waals surface area (Å²) in [5.74, 6) is -0.249. The molecule has 2 heterocycles. The molecule has 27 heavy (non-hydrogen) atoms. The fourth-order valence-corrected chi connectivity index (χ4v) is 3.58. The minimum Gasteiger partial charge on any atom is -0.339 e. The highest BCUT2D eigenvalue weighted by Crippen LogP contribution is 2.30. The van der Waals surface area contributed by atoms with E-state index in [0.717, 1.165) is 33.9 Å². The fraction of sp³-hybridized carbons (Fsp3) is 0.208.